The quantitative estimate of drug-likeness (QED) is 0.296. The average Bonchev–Trinajstić information content (AvgIpc) is 3.36. The van der Waals surface area contributed by atoms with E-state index in [1.165, 1.54) is 25.7 Å². The maximum absolute atomic E-state index is 14.0. The zero-order valence-corrected chi connectivity index (χ0v) is 29.3. The van der Waals surface area contributed by atoms with E-state index in [0.29, 0.717) is 72.9 Å². The molecule has 4 N–H and O–H groups in total. The standard InChI is InChI=1S/C34H44Br2N6O4/c35-26-18-22(19-27(36)31(26)43)20-30(32(44)40-14-9-23(10-15-40)28-7-2-1-5-13-37-28)39-33(45)41-16-11-25(12-17-41)42-21-24-6-3-4-8-29(24)38-34(42)46/h3-4,6,8,18-19,23,25,28,30,37,43H,1-2,5,7,9-17,20-21H2,(H,38,46)(H,39,45)/t28?,30-/m1/s1. The lowest BCUT2D eigenvalue weighted by Gasteiger charge is -2.41. The number of halogens is 2. The summed E-state index contributed by atoms with van der Waals surface area (Å²) in [7, 11) is 0. The Bertz CT molecular complexity index is 1400. The Morgan fingerprint density at radius 1 is 0.935 bits per heavy atom. The molecule has 2 atom stereocenters. The number of benzene rings is 2. The van der Waals surface area contributed by atoms with Crippen molar-refractivity contribution in [2.75, 3.05) is 38.0 Å². The lowest BCUT2D eigenvalue weighted by Crippen LogP contribution is -2.57. The molecule has 1 unspecified atom stereocenters. The Labute approximate surface area is 287 Å². The number of nitrogens with one attached hydrogen (secondary N) is 3. The number of amides is 5. The first-order valence-corrected chi connectivity index (χ1v) is 18.3. The van der Waals surface area contributed by atoms with E-state index in [4.69, 9.17) is 0 Å². The van der Waals surface area contributed by atoms with Crippen LogP contribution < -0.4 is 16.0 Å². The van der Waals surface area contributed by atoms with Crippen LogP contribution >= 0.6 is 31.9 Å². The molecule has 0 aliphatic carbocycles. The van der Waals surface area contributed by atoms with Gasteiger partial charge in [-0.25, -0.2) is 9.59 Å². The number of hydrogen-bond acceptors (Lipinski definition) is 5. The smallest absolute Gasteiger partial charge is 0.322 e. The molecular formula is C34H44Br2N6O4. The highest BCUT2D eigenvalue weighted by Gasteiger charge is 2.36. The summed E-state index contributed by atoms with van der Waals surface area (Å²) >= 11 is 6.81. The summed E-state index contributed by atoms with van der Waals surface area (Å²) in [5.74, 6) is 0.592. The Kier molecular flexibility index (Phi) is 10.7. The van der Waals surface area contributed by atoms with Crippen molar-refractivity contribution in [2.45, 2.75) is 82.5 Å². The molecule has 46 heavy (non-hydrogen) atoms. The van der Waals surface area contributed by atoms with E-state index in [9.17, 15) is 19.5 Å². The van der Waals surface area contributed by atoms with Crippen LogP contribution in [-0.4, -0.2) is 88.6 Å². The number of nitrogens with zero attached hydrogens (tertiary/aromatic N) is 3. The van der Waals surface area contributed by atoms with Crippen molar-refractivity contribution >= 4 is 55.5 Å². The SMILES string of the molecule is O=C(N[C@H](Cc1cc(Br)c(O)c(Br)c1)C(=O)N1CCC(C2CCCCCN2)CC1)N1CCC(N2Cc3ccccc3NC2=O)CC1. The van der Waals surface area contributed by atoms with Crippen LogP contribution in [0.3, 0.4) is 0 Å². The van der Waals surface area contributed by atoms with Crippen molar-refractivity contribution in [3.63, 3.8) is 0 Å². The lowest BCUT2D eigenvalue weighted by molar-refractivity contribution is -0.134. The van der Waals surface area contributed by atoms with Crippen molar-refractivity contribution in [1.29, 1.82) is 0 Å². The maximum atomic E-state index is 14.0. The van der Waals surface area contributed by atoms with Crippen molar-refractivity contribution in [1.82, 2.24) is 25.3 Å². The zero-order chi connectivity index (χ0) is 32.2. The Morgan fingerprint density at radius 2 is 1.63 bits per heavy atom. The molecule has 0 spiro atoms. The summed E-state index contributed by atoms with van der Waals surface area (Å²) in [6.07, 6.45) is 8.54. The Morgan fingerprint density at radius 3 is 2.37 bits per heavy atom. The van der Waals surface area contributed by atoms with Crippen LogP contribution in [0, 0.1) is 5.92 Å². The molecule has 0 aromatic heterocycles. The zero-order valence-electron chi connectivity index (χ0n) is 26.1. The van der Waals surface area contributed by atoms with Crippen LogP contribution in [-0.2, 0) is 17.8 Å². The number of rotatable bonds is 6. The number of phenolic OH excluding ortho intramolecular Hbond substituents is 1. The molecule has 2 aromatic carbocycles. The molecule has 3 fully saturated rings. The molecule has 2 aromatic rings. The highest BCUT2D eigenvalue weighted by Crippen LogP contribution is 2.34. The fraction of sp³-hybridized carbons (Fsp3) is 0.559. The van der Waals surface area contributed by atoms with Crippen LogP contribution in [0.2, 0.25) is 0 Å². The Hall–Kier alpha value is -2.83. The van der Waals surface area contributed by atoms with Crippen LogP contribution in [0.25, 0.3) is 0 Å². The van der Waals surface area contributed by atoms with E-state index in [2.05, 4.69) is 47.8 Å². The first-order valence-electron chi connectivity index (χ1n) is 16.7. The van der Waals surface area contributed by atoms with Crippen molar-refractivity contribution < 1.29 is 19.5 Å². The summed E-state index contributed by atoms with van der Waals surface area (Å²) in [6.45, 7) is 4.00. The van der Waals surface area contributed by atoms with Gasteiger partial charge in [-0.05, 0) is 112 Å². The van der Waals surface area contributed by atoms with E-state index in [0.717, 1.165) is 36.2 Å². The number of phenols is 1. The number of carbonyl (C=O) groups is 3. The normalized spacial score (nSPS) is 22.1. The molecule has 4 aliphatic heterocycles. The number of carbonyl (C=O) groups excluding carboxylic acids is 3. The van der Waals surface area contributed by atoms with E-state index in [1.807, 2.05) is 34.1 Å². The molecule has 10 nitrogen and oxygen atoms in total. The van der Waals surface area contributed by atoms with Gasteiger partial charge in [0.1, 0.15) is 11.8 Å². The summed E-state index contributed by atoms with van der Waals surface area (Å²) < 4.78 is 1.05. The first kappa shape index (κ1) is 33.1. The minimum Gasteiger partial charge on any atom is -0.506 e. The fourth-order valence-electron chi connectivity index (χ4n) is 7.51. The molecule has 5 amide bonds. The number of piperidine rings is 2. The number of anilines is 1. The van der Waals surface area contributed by atoms with Crippen LogP contribution in [0.1, 0.15) is 62.5 Å². The van der Waals surface area contributed by atoms with Gasteiger partial charge in [0, 0.05) is 56.9 Å². The van der Waals surface area contributed by atoms with Crippen molar-refractivity contribution in [2.24, 2.45) is 5.92 Å². The predicted octanol–water partition coefficient (Wildman–Crippen LogP) is 5.82. The lowest BCUT2D eigenvalue weighted by atomic mass is 9.86. The molecule has 0 saturated carbocycles. The fourth-order valence-corrected chi connectivity index (χ4v) is 8.79. The number of hydrogen-bond donors (Lipinski definition) is 4. The topological polar surface area (TPSA) is 117 Å². The van der Waals surface area contributed by atoms with E-state index in [-0.39, 0.29) is 29.8 Å². The third-order valence-electron chi connectivity index (χ3n) is 10.2. The number of para-hydroxylation sites is 1. The second-order valence-corrected chi connectivity index (χ2v) is 14.8. The van der Waals surface area contributed by atoms with Gasteiger partial charge in [-0.15, -0.1) is 0 Å². The molecule has 3 saturated heterocycles. The van der Waals surface area contributed by atoms with Gasteiger partial charge in [-0.1, -0.05) is 31.0 Å². The van der Waals surface area contributed by atoms with Gasteiger partial charge >= 0.3 is 12.1 Å². The molecule has 4 aliphatic rings. The second kappa shape index (κ2) is 14.9. The van der Waals surface area contributed by atoms with E-state index < -0.39 is 6.04 Å². The van der Waals surface area contributed by atoms with Crippen LogP contribution in [0.15, 0.2) is 45.3 Å². The van der Waals surface area contributed by atoms with Crippen molar-refractivity contribution in [3.8, 4) is 5.75 Å². The summed E-state index contributed by atoms with van der Waals surface area (Å²) in [4.78, 5) is 46.1. The maximum Gasteiger partial charge on any atom is 0.322 e. The van der Waals surface area contributed by atoms with Gasteiger partial charge < -0.3 is 35.8 Å². The van der Waals surface area contributed by atoms with Gasteiger partial charge in [-0.2, -0.15) is 0 Å². The first-order chi connectivity index (χ1) is 22.3. The second-order valence-electron chi connectivity index (χ2n) is 13.1. The minimum atomic E-state index is -0.745. The summed E-state index contributed by atoms with van der Waals surface area (Å²) in [5, 5.41) is 20.1. The molecule has 12 heteroatoms. The molecule has 0 radical (unpaired) electrons. The number of aromatic hydroxyl groups is 1. The van der Waals surface area contributed by atoms with Crippen LogP contribution in [0.5, 0.6) is 5.75 Å². The summed E-state index contributed by atoms with van der Waals surface area (Å²) in [6, 6.07) is 10.9. The molecular weight excluding hydrogens is 716 g/mol. The van der Waals surface area contributed by atoms with E-state index in [1.54, 1.807) is 17.0 Å². The molecule has 0 bridgehead atoms. The van der Waals surface area contributed by atoms with E-state index >= 15 is 0 Å². The molecule has 248 valence electrons. The van der Waals surface area contributed by atoms with Gasteiger partial charge in [0.15, 0.2) is 0 Å². The number of likely N-dealkylation sites (tertiary alicyclic amines) is 2. The average molecular weight is 761 g/mol. The molecule has 4 heterocycles. The third-order valence-corrected chi connectivity index (χ3v) is 11.4. The largest absolute Gasteiger partial charge is 0.506 e. The summed E-state index contributed by atoms with van der Waals surface area (Å²) in [5.41, 5.74) is 2.77. The van der Waals surface area contributed by atoms with Gasteiger partial charge in [-0.3, -0.25) is 4.79 Å². The minimum absolute atomic E-state index is 0.0331. The van der Waals surface area contributed by atoms with Gasteiger partial charge in [0.25, 0.3) is 0 Å². The highest BCUT2D eigenvalue weighted by molar-refractivity contribution is 9.11. The van der Waals surface area contributed by atoms with Crippen LogP contribution in [0.4, 0.5) is 15.3 Å². The Balaban J connectivity index is 1.09. The monoisotopic (exact) mass is 758 g/mol. The van der Waals surface area contributed by atoms with Crippen molar-refractivity contribution in [3.05, 3.63) is 56.5 Å². The number of urea groups is 2. The van der Waals surface area contributed by atoms with Gasteiger partial charge in [0.05, 0.1) is 8.95 Å². The number of fused-ring (bicyclic) bond motifs is 1. The third kappa shape index (κ3) is 7.65. The highest BCUT2D eigenvalue weighted by atomic mass is 79.9. The molecule has 6 rings (SSSR count). The predicted molar refractivity (Wildman–Crippen MR) is 185 cm³/mol. The van der Waals surface area contributed by atoms with Gasteiger partial charge in [0.2, 0.25) is 5.91 Å².